The second-order valence-corrected chi connectivity index (χ2v) is 13.0. The first-order valence-electron chi connectivity index (χ1n) is 8.84. The monoisotopic (exact) mass is 382 g/mol. The van der Waals surface area contributed by atoms with E-state index in [1.165, 1.54) is 17.0 Å². The van der Waals surface area contributed by atoms with Crippen molar-refractivity contribution in [1.29, 1.82) is 0 Å². The fourth-order valence-electron chi connectivity index (χ4n) is 2.66. The average molecular weight is 383 g/mol. The molecule has 1 fully saturated rings. The maximum absolute atomic E-state index is 12.2. The summed E-state index contributed by atoms with van der Waals surface area (Å²) in [6.07, 6.45) is 2.41. The van der Waals surface area contributed by atoms with Crippen LogP contribution >= 0.6 is 0 Å². The first kappa shape index (κ1) is 20.7. The summed E-state index contributed by atoms with van der Waals surface area (Å²) in [5.41, 5.74) is -0.410. The standard InChI is InChI=1S/C18H30N2O5Si/c1-8-23-11-14-13(25-26(6,7)18(3,4)5)9-15(24-14)20-10-12(2)16(21)19-17(20)22/h8,10,13-15H,1,9,11H2,2-7H3,(H,19,21,22)/t13?,14-,15-/m1/s1. The van der Waals surface area contributed by atoms with Crippen molar-refractivity contribution in [1.82, 2.24) is 9.55 Å². The molecule has 0 bridgehead atoms. The summed E-state index contributed by atoms with van der Waals surface area (Å²) in [4.78, 5) is 26.1. The van der Waals surface area contributed by atoms with Crippen LogP contribution in [0.25, 0.3) is 0 Å². The van der Waals surface area contributed by atoms with Gasteiger partial charge in [0.15, 0.2) is 8.32 Å². The number of hydrogen-bond acceptors (Lipinski definition) is 5. The molecule has 2 rings (SSSR count). The van der Waals surface area contributed by atoms with Gasteiger partial charge >= 0.3 is 5.69 Å². The van der Waals surface area contributed by atoms with Crippen LogP contribution in [0.15, 0.2) is 28.6 Å². The lowest BCUT2D eigenvalue weighted by atomic mass is 10.2. The van der Waals surface area contributed by atoms with E-state index in [1.807, 2.05) is 0 Å². The van der Waals surface area contributed by atoms with Gasteiger partial charge < -0.3 is 13.9 Å². The van der Waals surface area contributed by atoms with Gasteiger partial charge in [-0.2, -0.15) is 0 Å². The minimum absolute atomic E-state index is 0.0559. The molecule has 1 aromatic heterocycles. The van der Waals surface area contributed by atoms with Crippen molar-refractivity contribution in [3.8, 4) is 0 Å². The second kappa shape index (κ2) is 7.54. The summed E-state index contributed by atoms with van der Waals surface area (Å²) in [7, 11) is -2.02. The van der Waals surface area contributed by atoms with Crippen LogP contribution in [0.4, 0.5) is 0 Å². The predicted molar refractivity (Wildman–Crippen MR) is 103 cm³/mol. The molecule has 146 valence electrons. The third-order valence-electron chi connectivity index (χ3n) is 5.27. The molecule has 0 aromatic carbocycles. The van der Waals surface area contributed by atoms with Gasteiger partial charge in [-0.15, -0.1) is 0 Å². The van der Waals surface area contributed by atoms with Crippen molar-refractivity contribution in [2.24, 2.45) is 0 Å². The fraction of sp³-hybridized carbons (Fsp3) is 0.667. The Bertz CT molecular complexity index is 762. The number of hydrogen-bond donors (Lipinski definition) is 1. The van der Waals surface area contributed by atoms with E-state index in [0.29, 0.717) is 18.6 Å². The second-order valence-electron chi connectivity index (χ2n) is 8.26. The van der Waals surface area contributed by atoms with E-state index in [-0.39, 0.29) is 22.8 Å². The first-order chi connectivity index (χ1) is 12.0. The molecule has 1 aliphatic heterocycles. The smallest absolute Gasteiger partial charge is 0.330 e. The third-order valence-corrected chi connectivity index (χ3v) is 9.77. The molecular formula is C18H30N2O5Si. The van der Waals surface area contributed by atoms with Crippen LogP contribution in [0.2, 0.25) is 18.1 Å². The summed E-state index contributed by atoms with van der Waals surface area (Å²) in [6, 6.07) is 0. The van der Waals surface area contributed by atoms with Crippen LogP contribution in [0.3, 0.4) is 0 Å². The van der Waals surface area contributed by atoms with Gasteiger partial charge in [-0.25, -0.2) is 4.79 Å². The van der Waals surface area contributed by atoms with Crippen LogP contribution in [0.1, 0.15) is 39.0 Å². The third kappa shape index (κ3) is 4.36. The zero-order valence-corrected chi connectivity index (χ0v) is 17.5. The lowest BCUT2D eigenvalue weighted by Crippen LogP contribution is -2.46. The van der Waals surface area contributed by atoms with E-state index in [1.54, 1.807) is 6.92 Å². The molecule has 26 heavy (non-hydrogen) atoms. The molecule has 0 spiro atoms. The van der Waals surface area contributed by atoms with Gasteiger partial charge in [-0.1, -0.05) is 27.4 Å². The number of nitrogens with zero attached hydrogens (tertiary/aromatic N) is 1. The average Bonchev–Trinajstić information content (AvgIpc) is 2.89. The molecule has 1 aromatic rings. The van der Waals surface area contributed by atoms with Crippen molar-refractivity contribution in [3.63, 3.8) is 0 Å². The van der Waals surface area contributed by atoms with Crippen molar-refractivity contribution >= 4 is 8.32 Å². The highest BCUT2D eigenvalue weighted by atomic mass is 28.4. The Hall–Kier alpha value is -1.64. The number of ether oxygens (including phenoxy) is 2. The molecule has 0 saturated carbocycles. The molecule has 0 radical (unpaired) electrons. The lowest BCUT2D eigenvalue weighted by molar-refractivity contribution is -0.0464. The summed E-state index contributed by atoms with van der Waals surface area (Å²) >= 11 is 0. The largest absolute Gasteiger partial charge is 0.499 e. The SMILES string of the molecule is C=COC[C@H]1O[C@@H](n2cc(C)c(=O)[nH]c2=O)CC1O[Si](C)(C)C(C)(C)C. The van der Waals surface area contributed by atoms with Crippen molar-refractivity contribution in [2.75, 3.05) is 6.61 Å². The molecule has 1 N–H and O–H groups in total. The summed E-state index contributed by atoms with van der Waals surface area (Å²) in [6.45, 7) is 16.4. The molecule has 1 unspecified atom stereocenters. The highest BCUT2D eigenvalue weighted by molar-refractivity contribution is 6.74. The van der Waals surface area contributed by atoms with Gasteiger partial charge in [0.25, 0.3) is 5.56 Å². The van der Waals surface area contributed by atoms with Gasteiger partial charge in [0.2, 0.25) is 0 Å². The van der Waals surface area contributed by atoms with Crippen molar-refractivity contribution in [3.05, 3.63) is 45.4 Å². The Kier molecular flexibility index (Phi) is 5.99. The number of aromatic nitrogens is 2. The van der Waals surface area contributed by atoms with E-state index < -0.39 is 20.2 Å². The molecule has 0 aliphatic carbocycles. The Balaban J connectivity index is 2.28. The molecule has 2 heterocycles. The lowest BCUT2D eigenvalue weighted by Gasteiger charge is -2.39. The maximum atomic E-state index is 12.2. The first-order valence-corrected chi connectivity index (χ1v) is 11.7. The van der Waals surface area contributed by atoms with Crippen LogP contribution < -0.4 is 11.2 Å². The van der Waals surface area contributed by atoms with E-state index in [0.717, 1.165) is 0 Å². The van der Waals surface area contributed by atoms with E-state index >= 15 is 0 Å². The fourth-order valence-corrected chi connectivity index (χ4v) is 4.02. The Morgan fingerprint density at radius 1 is 1.42 bits per heavy atom. The maximum Gasteiger partial charge on any atom is 0.330 e. The van der Waals surface area contributed by atoms with E-state index in [9.17, 15) is 9.59 Å². The molecule has 1 aliphatic rings. The minimum atomic E-state index is -2.02. The van der Waals surface area contributed by atoms with Gasteiger partial charge in [0.05, 0.1) is 12.4 Å². The zero-order valence-electron chi connectivity index (χ0n) is 16.5. The molecule has 3 atom stereocenters. The van der Waals surface area contributed by atoms with E-state index in [4.69, 9.17) is 13.9 Å². The highest BCUT2D eigenvalue weighted by Crippen LogP contribution is 2.40. The van der Waals surface area contributed by atoms with Crippen LogP contribution in [0.5, 0.6) is 0 Å². The van der Waals surface area contributed by atoms with Gasteiger partial charge in [0, 0.05) is 18.2 Å². The molecular weight excluding hydrogens is 352 g/mol. The topological polar surface area (TPSA) is 82.5 Å². The van der Waals surface area contributed by atoms with Crippen molar-refractivity contribution in [2.45, 2.75) is 70.7 Å². The highest BCUT2D eigenvalue weighted by Gasteiger charge is 2.45. The summed E-state index contributed by atoms with van der Waals surface area (Å²) in [5.74, 6) is 0. The Morgan fingerprint density at radius 3 is 2.65 bits per heavy atom. The van der Waals surface area contributed by atoms with Gasteiger partial charge in [-0.3, -0.25) is 14.3 Å². The van der Waals surface area contributed by atoms with E-state index in [2.05, 4.69) is 45.4 Å². The molecule has 8 heteroatoms. The number of aryl methyl sites for hydroxylation is 1. The van der Waals surface area contributed by atoms with Crippen LogP contribution in [-0.4, -0.2) is 36.7 Å². The van der Waals surface area contributed by atoms with Gasteiger partial charge in [0.1, 0.15) is 18.9 Å². The predicted octanol–water partition coefficient (Wildman–Crippen LogP) is 2.68. The number of rotatable bonds is 6. The molecule has 1 saturated heterocycles. The number of aromatic amines is 1. The van der Waals surface area contributed by atoms with Crippen LogP contribution in [-0.2, 0) is 13.9 Å². The zero-order chi connectivity index (χ0) is 19.7. The van der Waals surface area contributed by atoms with Gasteiger partial charge in [-0.05, 0) is 25.1 Å². The van der Waals surface area contributed by atoms with Crippen LogP contribution in [0, 0.1) is 6.92 Å². The minimum Gasteiger partial charge on any atom is -0.499 e. The molecule has 0 amide bonds. The number of H-pyrrole nitrogens is 1. The molecule has 7 nitrogen and oxygen atoms in total. The summed E-state index contributed by atoms with van der Waals surface area (Å²) < 4.78 is 19.4. The quantitative estimate of drug-likeness (QED) is 0.604. The normalized spacial score (nSPS) is 23.8. The summed E-state index contributed by atoms with van der Waals surface area (Å²) in [5, 5.41) is 0.0559. The number of nitrogens with one attached hydrogen (secondary N) is 1. The Morgan fingerprint density at radius 2 is 2.08 bits per heavy atom. The van der Waals surface area contributed by atoms with Crippen molar-refractivity contribution < 1.29 is 13.9 Å². The Labute approximate surface area is 155 Å².